The molecule has 0 atom stereocenters. The van der Waals surface area contributed by atoms with Gasteiger partial charge in [0.1, 0.15) is 12.8 Å². The number of pyridine rings is 1. The van der Waals surface area contributed by atoms with E-state index >= 15 is 0 Å². The number of carbonyl (C=O) groups is 1. The van der Waals surface area contributed by atoms with Gasteiger partial charge in [-0.15, -0.1) is 0 Å². The highest BCUT2D eigenvalue weighted by Gasteiger charge is 2.07. The quantitative estimate of drug-likeness (QED) is 0.245. The van der Waals surface area contributed by atoms with Crippen molar-refractivity contribution in [3.63, 3.8) is 0 Å². The molecule has 2 N–H and O–H groups in total. The number of aryl methyl sites for hydroxylation is 1. The van der Waals surface area contributed by atoms with Crippen LogP contribution in [0, 0.1) is 0 Å². The lowest BCUT2D eigenvalue weighted by Gasteiger charge is -2.04. The van der Waals surface area contributed by atoms with E-state index in [9.17, 15) is 9.90 Å². The molecular formula is C18H16IN3O2. The Bertz CT molecular complexity index is 892. The molecule has 1 heterocycles. The molecule has 3 aromatic rings. The maximum atomic E-state index is 12.0. The van der Waals surface area contributed by atoms with Crippen LogP contribution >= 0.6 is 0 Å². The van der Waals surface area contributed by atoms with Gasteiger partial charge in [-0.1, -0.05) is 30.3 Å². The fourth-order valence-corrected chi connectivity index (χ4v) is 2.29. The largest absolute Gasteiger partial charge is 1.00 e. The van der Waals surface area contributed by atoms with Crippen molar-refractivity contribution in [1.29, 1.82) is 0 Å². The van der Waals surface area contributed by atoms with Gasteiger partial charge in [-0.2, -0.15) is 5.10 Å². The van der Waals surface area contributed by atoms with E-state index in [1.54, 1.807) is 30.6 Å². The van der Waals surface area contributed by atoms with Crippen LogP contribution in [0.3, 0.4) is 0 Å². The van der Waals surface area contributed by atoms with Crippen LogP contribution in [0.25, 0.3) is 10.8 Å². The number of fused-ring (bicyclic) bond motifs is 1. The van der Waals surface area contributed by atoms with Gasteiger partial charge < -0.3 is 29.1 Å². The third-order valence-electron chi connectivity index (χ3n) is 3.55. The second-order valence-corrected chi connectivity index (χ2v) is 5.17. The van der Waals surface area contributed by atoms with Crippen LogP contribution in [-0.4, -0.2) is 17.2 Å². The lowest BCUT2D eigenvalue weighted by Crippen LogP contribution is -3.00. The van der Waals surface area contributed by atoms with Crippen LogP contribution < -0.4 is 34.0 Å². The molecule has 1 amide bonds. The summed E-state index contributed by atoms with van der Waals surface area (Å²) in [4.78, 5) is 12.0. The number of nitrogens with one attached hydrogen (secondary N) is 1. The normalized spacial score (nSPS) is 10.5. The Morgan fingerprint density at radius 3 is 2.58 bits per heavy atom. The highest BCUT2D eigenvalue weighted by Crippen LogP contribution is 2.25. The minimum Gasteiger partial charge on any atom is -1.00 e. The molecule has 1 aromatic heterocycles. The Balaban J connectivity index is 0.00000208. The maximum Gasteiger partial charge on any atom is 0.271 e. The number of nitrogens with zero attached hydrogens (tertiary/aromatic N) is 2. The molecule has 0 fully saturated rings. The lowest BCUT2D eigenvalue weighted by atomic mass is 10.0. The van der Waals surface area contributed by atoms with Crippen LogP contribution in [-0.2, 0) is 7.05 Å². The molecule has 0 saturated heterocycles. The first kappa shape index (κ1) is 17.9. The number of aromatic nitrogens is 1. The predicted octanol–water partition coefficient (Wildman–Crippen LogP) is -0.862. The van der Waals surface area contributed by atoms with Crippen molar-refractivity contribution >= 4 is 22.9 Å². The Morgan fingerprint density at radius 2 is 1.83 bits per heavy atom. The number of halogens is 1. The van der Waals surface area contributed by atoms with Gasteiger partial charge >= 0.3 is 0 Å². The molecule has 0 spiro atoms. The van der Waals surface area contributed by atoms with E-state index in [1.165, 1.54) is 6.21 Å². The lowest BCUT2D eigenvalue weighted by molar-refractivity contribution is -0.671. The number of amides is 1. The summed E-state index contributed by atoms with van der Waals surface area (Å²) in [5.74, 6) is -0.185. The van der Waals surface area contributed by atoms with Gasteiger partial charge in [0.15, 0.2) is 12.4 Å². The Morgan fingerprint density at radius 1 is 1.12 bits per heavy atom. The maximum absolute atomic E-state index is 12.0. The van der Waals surface area contributed by atoms with Crippen molar-refractivity contribution < 1.29 is 38.4 Å². The molecule has 6 heteroatoms. The highest BCUT2D eigenvalue weighted by atomic mass is 127. The van der Waals surface area contributed by atoms with Gasteiger partial charge in [0.25, 0.3) is 5.91 Å². The average molecular weight is 433 g/mol. The number of aromatic hydroxyl groups is 1. The minimum atomic E-state index is -0.304. The summed E-state index contributed by atoms with van der Waals surface area (Å²) in [6, 6.07) is 14.5. The Labute approximate surface area is 156 Å². The molecule has 0 unspecified atom stereocenters. The highest BCUT2D eigenvalue weighted by molar-refractivity contribution is 6.03. The summed E-state index contributed by atoms with van der Waals surface area (Å²) in [5, 5.41) is 15.8. The van der Waals surface area contributed by atoms with E-state index in [1.807, 2.05) is 41.9 Å². The number of carbonyl (C=O) groups excluding carboxylic acids is 1. The molecule has 2 aromatic carbocycles. The molecule has 0 radical (unpaired) electrons. The fourth-order valence-electron chi connectivity index (χ4n) is 2.29. The monoisotopic (exact) mass is 433 g/mol. The smallest absolute Gasteiger partial charge is 0.271 e. The molecule has 0 saturated carbocycles. The zero-order valence-electron chi connectivity index (χ0n) is 13.0. The molecular weight excluding hydrogens is 417 g/mol. The van der Waals surface area contributed by atoms with Gasteiger partial charge in [-0.3, -0.25) is 4.79 Å². The van der Waals surface area contributed by atoms with Crippen molar-refractivity contribution in [3.05, 3.63) is 72.1 Å². The summed E-state index contributed by atoms with van der Waals surface area (Å²) in [6.45, 7) is 0. The SMILES string of the molecule is C[n+]1ccc(C(=O)N/N=C/c2c(O)ccc3ccccc23)cc1.[I-]. The summed E-state index contributed by atoms with van der Waals surface area (Å²) in [7, 11) is 1.88. The molecule has 122 valence electrons. The second-order valence-electron chi connectivity index (χ2n) is 5.17. The molecule has 0 aliphatic carbocycles. The van der Waals surface area contributed by atoms with E-state index in [0.717, 1.165) is 10.8 Å². The van der Waals surface area contributed by atoms with Crippen LogP contribution in [0.15, 0.2) is 66.0 Å². The van der Waals surface area contributed by atoms with E-state index in [-0.39, 0.29) is 35.6 Å². The zero-order valence-corrected chi connectivity index (χ0v) is 15.1. The standard InChI is InChI=1S/C18H15N3O2.HI/c1-21-10-8-14(9-11-21)18(23)20-19-12-16-15-5-3-2-4-13(15)6-7-17(16)22;/h2-12,23H,1H3;1H. The summed E-state index contributed by atoms with van der Waals surface area (Å²) in [6.07, 6.45) is 5.03. The molecule has 0 aliphatic rings. The van der Waals surface area contributed by atoms with Crippen molar-refractivity contribution in [3.8, 4) is 5.75 Å². The van der Waals surface area contributed by atoms with E-state index in [4.69, 9.17) is 0 Å². The first-order valence-electron chi connectivity index (χ1n) is 7.14. The third kappa shape index (κ3) is 3.88. The molecule has 5 nitrogen and oxygen atoms in total. The summed E-state index contributed by atoms with van der Waals surface area (Å²) < 4.78 is 1.84. The van der Waals surface area contributed by atoms with Crippen LogP contribution in [0.2, 0.25) is 0 Å². The van der Waals surface area contributed by atoms with Gasteiger partial charge in [-0.25, -0.2) is 9.99 Å². The van der Waals surface area contributed by atoms with Gasteiger partial charge in [0.2, 0.25) is 0 Å². The van der Waals surface area contributed by atoms with Crippen LogP contribution in [0.5, 0.6) is 5.75 Å². The number of benzene rings is 2. The van der Waals surface area contributed by atoms with E-state index in [0.29, 0.717) is 11.1 Å². The van der Waals surface area contributed by atoms with Gasteiger partial charge in [0, 0.05) is 17.7 Å². The topological polar surface area (TPSA) is 65.6 Å². The first-order chi connectivity index (χ1) is 11.1. The average Bonchev–Trinajstić information content (AvgIpc) is 2.57. The predicted molar refractivity (Wildman–Crippen MR) is 88.3 cm³/mol. The fraction of sp³-hybridized carbons (Fsp3) is 0.0556. The number of phenols is 1. The van der Waals surface area contributed by atoms with Crippen molar-refractivity contribution in [2.75, 3.05) is 0 Å². The van der Waals surface area contributed by atoms with Gasteiger partial charge in [0.05, 0.1) is 11.8 Å². The van der Waals surface area contributed by atoms with Gasteiger partial charge in [-0.05, 0) is 16.8 Å². The number of hydrogen-bond acceptors (Lipinski definition) is 3. The zero-order chi connectivity index (χ0) is 16.2. The van der Waals surface area contributed by atoms with Crippen molar-refractivity contribution in [2.45, 2.75) is 0 Å². The number of phenolic OH excluding ortho intramolecular Hbond substituents is 1. The van der Waals surface area contributed by atoms with E-state index < -0.39 is 0 Å². The Hall–Kier alpha value is -2.48. The third-order valence-corrected chi connectivity index (χ3v) is 3.55. The van der Waals surface area contributed by atoms with Crippen LogP contribution in [0.1, 0.15) is 15.9 Å². The van der Waals surface area contributed by atoms with Crippen molar-refractivity contribution in [2.24, 2.45) is 12.1 Å². The Kier molecular flexibility index (Phi) is 5.86. The molecule has 0 aliphatic heterocycles. The molecule has 24 heavy (non-hydrogen) atoms. The first-order valence-corrected chi connectivity index (χ1v) is 7.14. The number of rotatable bonds is 3. The van der Waals surface area contributed by atoms with Crippen molar-refractivity contribution in [1.82, 2.24) is 5.43 Å². The number of hydrazone groups is 1. The second kappa shape index (κ2) is 7.87. The summed E-state index contributed by atoms with van der Waals surface area (Å²) >= 11 is 0. The molecule has 3 rings (SSSR count). The molecule has 0 bridgehead atoms. The van der Waals surface area contributed by atoms with E-state index in [2.05, 4.69) is 10.5 Å². The summed E-state index contributed by atoms with van der Waals surface area (Å²) in [5.41, 5.74) is 3.56. The number of hydrogen-bond donors (Lipinski definition) is 2. The minimum absolute atomic E-state index is 0. The van der Waals surface area contributed by atoms with Crippen LogP contribution in [0.4, 0.5) is 0 Å².